The van der Waals surface area contributed by atoms with Crippen LogP contribution in [0.4, 0.5) is 4.39 Å². The van der Waals surface area contributed by atoms with Crippen molar-refractivity contribution in [3.05, 3.63) is 70.3 Å². The molecule has 118 valence electrons. The predicted octanol–water partition coefficient (Wildman–Crippen LogP) is 4.33. The number of rotatable bonds is 6. The van der Waals surface area contributed by atoms with Gasteiger partial charge in [0.2, 0.25) is 0 Å². The van der Waals surface area contributed by atoms with E-state index < -0.39 is 0 Å². The number of hydrogen-bond acceptors (Lipinski definition) is 4. The first-order chi connectivity index (χ1) is 11.2. The van der Waals surface area contributed by atoms with Crippen LogP contribution in [0.3, 0.4) is 0 Å². The van der Waals surface area contributed by atoms with E-state index in [9.17, 15) is 4.39 Å². The Kier molecular flexibility index (Phi) is 5.33. The van der Waals surface area contributed by atoms with E-state index in [4.69, 9.17) is 11.6 Å². The van der Waals surface area contributed by atoms with Crippen LogP contribution in [-0.4, -0.2) is 16.5 Å². The molecule has 2 heterocycles. The number of hydrogen-bond donors (Lipinski definition) is 1. The normalized spacial score (nSPS) is 10.9. The zero-order valence-corrected chi connectivity index (χ0v) is 13.9. The van der Waals surface area contributed by atoms with E-state index in [1.165, 1.54) is 6.07 Å². The molecule has 3 aromatic rings. The standard InChI is InChI=1S/C17H15ClFN3S/c18-17-14(5-2-7-21-17)15-10-22-16(23-15)11-20-8-6-12-3-1-4-13(19)9-12/h1-5,7,9-10,20H,6,8,11H2. The van der Waals surface area contributed by atoms with Gasteiger partial charge in [-0.2, -0.15) is 0 Å². The third-order valence-corrected chi connectivity index (χ3v) is 4.67. The topological polar surface area (TPSA) is 37.8 Å². The van der Waals surface area contributed by atoms with Crippen LogP contribution in [-0.2, 0) is 13.0 Å². The summed E-state index contributed by atoms with van der Waals surface area (Å²) in [4.78, 5) is 9.49. The number of benzene rings is 1. The molecule has 0 amide bonds. The van der Waals surface area contributed by atoms with Crippen LogP contribution in [0, 0.1) is 5.82 Å². The maximum atomic E-state index is 13.1. The molecule has 3 rings (SSSR count). The van der Waals surface area contributed by atoms with E-state index in [1.54, 1.807) is 29.7 Å². The van der Waals surface area contributed by atoms with Gasteiger partial charge < -0.3 is 5.32 Å². The van der Waals surface area contributed by atoms with Crippen molar-refractivity contribution in [3.8, 4) is 10.4 Å². The minimum atomic E-state index is -0.194. The van der Waals surface area contributed by atoms with Gasteiger partial charge in [-0.25, -0.2) is 14.4 Å². The van der Waals surface area contributed by atoms with E-state index in [1.807, 2.05) is 24.4 Å². The summed E-state index contributed by atoms with van der Waals surface area (Å²) in [5, 5.41) is 4.80. The summed E-state index contributed by atoms with van der Waals surface area (Å²) in [5.41, 5.74) is 1.89. The molecule has 0 aliphatic heterocycles. The van der Waals surface area contributed by atoms with E-state index in [2.05, 4.69) is 15.3 Å². The smallest absolute Gasteiger partial charge is 0.137 e. The van der Waals surface area contributed by atoms with Crippen molar-refractivity contribution in [3.63, 3.8) is 0 Å². The first-order valence-corrected chi connectivity index (χ1v) is 8.42. The lowest BCUT2D eigenvalue weighted by Gasteiger charge is -2.03. The molecule has 0 spiro atoms. The molecule has 0 unspecified atom stereocenters. The second-order valence-electron chi connectivity index (χ2n) is 5.02. The molecule has 6 heteroatoms. The first-order valence-electron chi connectivity index (χ1n) is 7.23. The van der Waals surface area contributed by atoms with Crippen molar-refractivity contribution in [1.29, 1.82) is 0 Å². The van der Waals surface area contributed by atoms with E-state index in [-0.39, 0.29) is 5.82 Å². The highest BCUT2D eigenvalue weighted by molar-refractivity contribution is 7.15. The Morgan fingerprint density at radius 1 is 1.17 bits per heavy atom. The number of nitrogens with zero attached hydrogens (tertiary/aromatic N) is 2. The zero-order valence-electron chi connectivity index (χ0n) is 12.3. The maximum absolute atomic E-state index is 13.1. The number of pyridine rings is 1. The van der Waals surface area contributed by atoms with Gasteiger partial charge >= 0.3 is 0 Å². The van der Waals surface area contributed by atoms with Crippen molar-refractivity contribution in [2.45, 2.75) is 13.0 Å². The molecule has 0 aliphatic carbocycles. The molecule has 0 atom stereocenters. The summed E-state index contributed by atoms with van der Waals surface area (Å²) in [6.07, 6.45) is 4.27. The third-order valence-electron chi connectivity index (χ3n) is 3.33. The second-order valence-corrected chi connectivity index (χ2v) is 6.49. The minimum absolute atomic E-state index is 0.194. The van der Waals surface area contributed by atoms with Gasteiger partial charge in [0.05, 0.1) is 4.88 Å². The van der Waals surface area contributed by atoms with Crippen LogP contribution in [0.5, 0.6) is 0 Å². The fraction of sp³-hybridized carbons (Fsp3) is 0.176. The van der Waals surface area contributed by atoms with Gasteiger partial charge in [-0.3, -0.25) is 0 Å². The van der Waals surface area contributed by atoms with Gasteiger partial charge in [0.15, 0.2) is 0 Å². The van der Waals surface area contributed by atoms with Crippen molar-refractivity contribution >= 4 is 22.9 Å². The molecule has 0 saturated carbocycles. The highest BCUT2D eigenvalue weighted by Crippen LogP contribution is 2.30. The van der Waals surface area contributed by atoms with Gasteiger partial charge in [-0.15, -0.1) is 11.3 Å². The van der Waals surface area contributed by atoms with Crippen molar-refractivity contribution in [2.75, 3.05) is 6.54 Å². The fourth-order valence-electron chi connectivity index (χ4n) is 2.21. The second kappa shape index (κ2) is 7.64. The van der Waals surface area contributed by atoms with Gasteiger partial charge in [0, 0.05) is 24.5 Å². The minimum Gasteiger partial charge on any atom is -0.310 e. The summed E-state index contributed by atoms with van der Waals surface area (Å²) >= 11 is 7.69. The summed E-state index contributed by atoms with van der Waals surface area (Å²) in [6, 6.07) is 10.5. The molecular formula is C17H15ClFN3S. The lowest BCUT2D eigenvalue weighted by Crippen LogP contribution is -2.16. The quantitative estimate of drug-likeness (QED) is 0.532. The Labute approximate surface area is 143 Å². The van der Waals surface area contributed by atoms with Crippen LogP contribution in [0.2, 0.25) is 5.15 Å². The number of aromatic nitrogens is 2. The van der Waals surface area contributed by atoms with Gasteiger partial charge in [0.25, 0.3) is 0 Å². The van der Waals surface area contributed by atoms with Gasteiger partial charge in [0.1, 0.15) is 16.0 Å². The monoisotopic (exact) mass is 347 g/mol. The van der Waals surface area contributed by atoms with E-state index >= 15 is 0 Å². The summed E-state index contributed by atoms with van der Waals surface area (Å²) in [7, 11) is 0. The average molecular weight is 348 g/mol. The summed E-state index contributed by atoms with van der Waals surface area (Å²) in [6.45, 7) is 1.45. The zero-order chi connectivity index (χ0) is 16.1. The Bertz CT molecular complexity index is 791. The van der Waals surface area contributed by atoms with Crippen LogP contribution in [0.25, 0.3) is 10.4 Å². The molecule has 0 aliphatic rings. The summed E-state index contributed by atoms with van der Waals surface area (Å²) in [5.74, 6) is -0.194. The molecule has 0 fully saturated rings. The van der Waals surface area contributed by atoms with E-state index in [0.29, 0.717) is 11.7 Å². The molecular weight excluding hydrogens is 333 g/mol. The van der Waals surface area contributed by atoms with Crippen LogP contribution in [0.1, 0.15) is 10.6 Å². The highest BCUT2D eigenvalue weighted by Gasteiger charge is 2.08. The van der Waals surface area contributed by atoms with Crippen molar-refractivity contribution in [1.82, 2.24) is 15.3 Å². The van der Waals surface area contributed by atoms with Crippen molar-refractivity contribution in [2.24, 2.45) is 0 Å². The van der Waals surface area contributed by atoms with Crippen molar-refractivity contribution < 1.29 is 4.39 Å². The summed E-state index contributed by atoms with van der Waals surface area (Å²) < 4.78 is 13.1. The maximum Gasteiger partial charge on any atom is 0.137 e. The molecule has 0 radical (unpaired) electrons. The lowest BCUT2D eigenvalue weighted by molar-refractivity contribution is 0.622. The Balaban J connectivity index is 1.53. The molecule has 3 nitrogen and oxygen atoms in total. The first kappa shape index (κ1) is 16.1. The molecule has 1 N–H and O–H groups in total. The molecule has 2 aromatic heterocycles. The highest BCUT2D eigenvalue weighted by atomic mass is 35.5. The lowest BCUT2D eigenvalue weighted by atomic mass is 10.1. The Morgan fingerprint density at radius 2 is 2.09 bits per heavy atom. The van der Waals surface area contributed by atoms with Crippen LogP contribution < -0.4 is 5.32 Å². The Morgan fingerprint density at radius 3 is 2.91 bits per heavy atom. The van der Waals surface area contributed by atoms with Gasteiger partial charge in [-0.05, 0) is 42.8 Å². The third kappa shape index (κ3) is 4.34. The molecule has 23 heavy (non-hydrogen) atoms. The predicted molar refractivity (Wildman–Crippen MR) is 92.2 cm³/mol. The number of nitrogens with one attached hydrogen (secondary N) is 1. The molecule has 0 saturated heterocycles. The van der Waals surface area contributed by atoms with Crippen LogP contribution >= 0.6 is 22.9 Å². The average Bonchev–Trinajstić information content (AvgIpc) is 3.01. The SMILES string of the molecule is Fc1cccc(CCNCc2ncc(-c3cccnc3Cl)s2)c1. The fourth-order valence-corrected chi connectivity index (χ4v) is 3.40. The molecule has 1 aromatic carbocycles. The number of halogens is 2. The van der Waals surface area contributed by atoms with Crippen LogP contribution in [0.15, 0.2) is 48.8 Å². The number of thiazole rings is 1. The van der Waals surface area contributed by atoms with E-state index in [0.717, 1.165) is 34.0 Å². The molecule has 0 bridgehead atoms. The van der Waals surface area contributed by atoms with Gasteiger partial charge in [-0.1, -0.05) is 23.7 Å². The largest absolute Gasteiger partial charge is 0.310 e. The Hall–Kier alpha value is -1.82.